The van der Waals surface area contributed by atoms with Gasteiger partial charge < -0.3 is 4.57 Å². The molecular formula is C14H14ClN. The molecule has 0 saturated carbocycles. The predicted molar refractivity (Wildman–Crippen MR) is 67.8 cm³/mol. The lowest BCUT2D eigenvalue weighted by molar-refractivity contribution is 0.537. The minimum atomic E-state index is 0.809. The highest BCUT2D eigenvalue weighted by Gasteiger charge is 2.13. The van der Waals surface area contributed by atoms with Gasteiger partial charge >= 0.3 is 0 Å². The molecule has 2 heterocycles. The molecule has 0 radical (unpaired) electrons. The second-order valence-electron chi connectivity index (χ2n) is 4.33. The molecule has 1 aromatic carbocycles. The summed E-state index contributed by atoms with van der Waals surface area (Å²) in [7, 11) is 0. The van der Waals surface area contributed by atoms with Gasteiger partial charge in [-0.25, -0.2) is 0 Å². The van der Waals surface area contributed by atoms with E-state index in [0.717, 1.165) is 11.6 Å². The first-order valence-electron chi connectivity index (χ1n) is 5.79. The molecule has 0 atom stereocenters. The average Bonchev–Trinajstić information content (AvgIpc) is 2.72. The molecule has 16 heavy (non-hydrogen) atoms. The summed E-state index contributed by atoms with van der Waals surface area (Å²) in [4.78, 5) is 0. The number of nitrogens with zero attached hydrogens (tertiary/aromatic N) is 1. The molecule has 0 aliphatic carbocycles. The molecule has 0 amide bonds. The van der Waals surface area contributed by atoms with Gasteiger partial charge in [-0.2, -0.15) is 0 Å². The quantitative estimate of drug-likeness (QED) is 0.695. The number of rotatable bonds is 1. The van der Waals surface area contributed by atoms with Gasteiger partial charge in [0.05, 0.1) is 0 Å². The Morgan fingerprint density at radius 2 is 2.00 bits per heavy atom. The zero-order chi connectivity index (χ0) is 11.0. The summed E-state index contributed by atoms with van der Waals surface area (Å²) < 4.78 is 2.43. The monoisotopic (exact) mass is 231 g/mol. The summed E-state index contributed by atoms with van der Waals surface area (Å²) in [6.07, 6.45) is 3.81. The molecule has 0 bridgehead atoms. The number of hydrogen-bond acceptors (Lipinski definition) is 0. The molecular weight excluding hydrogens is 218 g/mol. The fourth-order valence-corrected chi connectivity index (χ4v) is 2.66. The van der Waals surface area contributed by atoms with E-state index in [4.69, 9.17) is 11.6 Å². The van der Waals surface area contributed by atoms with Crippen molar-refractivity contribution in [3.63, 3.8) is 0 Å². The van der Waals surface area contributed by atoms with Crippen LogP contribution in [0.2, 0.25) is 5.02 Å². The van der Waals surface area contributed by atoms with Crippen LogP contribution in [0.15, 0.2) is 36.4 Å². The Morgan fingerprint density at radius 3 is 2.88 bits per heavy atom. The van der Waals surface area contributed by atoms with Crippen molar-refractivity contribution in [3.8, 4) is 11.3 Å². The van der Waals surface area contributed by atoms with Crippen molar-refractivity contribution in [2.24, 2.45) is 0 Å². The number of fused-ring (bicyclic) bond motifs is 1. The molecule has 0 N–H and O–H groups in total. The third-order valence-electron chi connectivity index (χ3n) is 3.26. The lowest BCUT2D eigenvalue weighted by Crippen LogP contribution is -2.10. The van der Waals surface area contributed by atoms with E-state index in [1.165, 1.54) is 36.2 Å². The third kappa shape index (κ3) is 1.65. The van der Waals surface area contributed by atoms with Crippen LogP contribution in [0.3, 0.4) is 0 Å². The predicted octanol–water partition coefficient (Wildman–Crippen LogP) is 4.14. The SMILES string of the molecule is Clc1cccc(-c2ccc3n2CCCC3)c1. The highest BCUT2D eigenvalue weighted by atomic mass is 35.5. The standard InChI is InChI=1S/C14H14ClN/c15-12-5-3-4-11(10-12)14-8-7-13-6-1-2-9-16(13)14/h3-5,7-8,10H,1-2,6,9H2. The molecule has 0 spiro atoms. The molecule has 0 unspecified atom stereocenters. The maximum absolute atomic E-state index is 6.04. The molecule has 0 saturated heterocycles. The first kappa shape index (κ1) is 9.98. The smallest absolute Gasteiger partial charge is 0.0483 e. The summed E-state index contributed by atoms with van der Waals surface area (Å²) in [5.41, 5.74) is 3.99. The molecule has 1 aliphatic heterocycles. The van der Waals surface area contributed by atoms with Crippen molar-refractivity contribution in [1.29, 1.82) is 0 Å². The Bertz CT molecular complexity index is 513. The normalized spacial score (nSPS) is 14.8. The van der Waals surface area contributed by atoms with E-state index in [1.54, 1.807) is 0 Å². The van der Waals surface area contributed by atoms with Crippen LogP contribution >= 0.6 is 11.6 Å². The average molecular weight is 232 g/mol. The summed E-state index contributed by atoms with van der Waals surface area (Å²) in [6.45, 7) is 1.14. The molecule has 2 heteroatoms. The van der Waals surface area contributed by atoms with Crippen LogP contribution in [-0.4, -0.2) is 4.57 Å². The van der Waals surface area contributed by atoms with Crippen LogP contribution < -0.4 is 0 Å². The van der Waals surface area contributed by atoms with E-state index >= 15 is 0 Å². The van der Waals surface area contributed by atoms with Crippen LogP contribution in [0.4, 0.5) is 0 Å². The first-order valence-corrected chi connectivity index (χ1v) is 6.17. The van der Waals surface area contributed by atoms with Gasteiger partial charge in [-0.05, 0) is 49.1 Å². The van der Waals surface area contributed by atoms with E-state index in [-0.39, 0.29) is 0 Å². The Hall–Kier alpha value is -1.21. The maximum atomic E-state index is 6.04. The fourth-order valence-electron chi connectivity index (χ4n) is 2.47. The van der Waals surface area contributed by atoms with Gasteiger partial charge in [0.15, 0.2) is 0 Å². The van der Waals surface area contributed by atoms with Gasteiger partial charge in [0.25, 0.3) is 0 Å². The number of hydrogen-bond donors (Lipinski definition) is 0. The van der Waals surface area contributed by atoms with E-state index in [2.05, 4.69) is 22.8 Å². The minimum absolute atomic E-state index is 0.809. The number of aromatic nitrogens is 1. The minimum Gasteiger partial charge on any atom is -0.345 e. The Morgan fingerprint density at radius 1 is 1.06 bits per heavy atom. The highest BCUT2D eigenvalue weighted by molar-refractivity contribution is 6.30. The summed E-state index contributed by atoms with van der Waals surface area (Å²) in [5.74, 6) is 0. The van der Waals surface area contributed by atoms with Gasteiger partial charge in [0.1, 0.15) is 0 Å². The molecule has 1 aliphatic rings. The summed E-state index contributed by atoms with van der Waals surface area (Å²) >= 11 is 6.04. The van der Waals surface area contributed by atoms with Crippen LogP contribution in [-0.2, 0) is 13.0 Å². The second-order valence-corrected chi connectivity index (χ2v) is 4.77. The molecule has 1 nitrogen and oxygen atoms in total. The Balaban J connectivity index is 2.09. The topological polar surface area (TPSA) is 4.93 Å². The maximum Gasteiger partial charge on any atom is 0.0483 e. The Kier molecular flexibility index (Phi) is 2.49. The molecule has 82 valence electrons. The van der Waals surface area contributed by atoms with Crippen LogP contribution in [0.5, 0.6) is 0 Å². The van der Waals surface area contributed by atoms with Gasteiger partial charge in [0.2, 0.25) is 0 Å². The third-order valence-corrected chi connectivity index (χ3v) is 3.49. The lowest BCUT2D eigenvalue weighted by atomic mass is 10.1. The van der Waals surface area contributed by atoms with Crippen molar-refractivity contribution in [2.75, 3.05) is 0 Å². The second kappa shape index (κ2) is 3.99. The van der Waals surface area contributed by atoms with E-state index in [1.807, 2.05) is 18.2 Å². The fraction of sp³-hybridized carbons (Fsp3) is 0.286. The van der Waals surface area contributed by atoms with Gasteiger partial charge in [-0.3, -0.25) is 0 Å². The van der Waals surface area contributed by atoms with Crippen molar-refractivity contribution >= 4 is 11.6 Å². The Labute approximate surface area is 101 Å². The number of halogens is 1. The zero-order valence-corrected chi connectivity index (χ0v) is 9.87. The van der Waals surface area contributed by atoms with Crippen molar-refractivity contribution in [2.45, 2.75) is 25.8 Å². The molecule has 3 rings (SSSR count). The van der Waals surface area contributed by atoms with Crippen LogP contribution in [0.25, 0.3) is 11.3 Å². The van der Waals surface area contributed by atoms with Crippen LogP contribution in [0, 0.1) is 0 Å². The first-order chi connectivity index (χ1) is 7.84. The number of aryl methyl sites for hydroxylation is 1. The van der Waals surface area contributed by atoms with Gasteiger partial charge in [0, 0.05) is 23.0 Å². The van der Waals surface area contributed by atoms with E-state index in [9.17, 15) is 0 Å². The van der Waals surface area contributed by atoms with Crippen LogP contribution in [0.1, 0.15) is 18.5 Å². The lowest BCUT2D eigenvalue weighted by Gasteiger charge is -2.18. The molecule has 2 aromatic rings. The molecule has 1 aromatic heterocycles. The van der Waals surface area contributed by atoms with Gasteiger partial charge in [-0.15, -0.1) is 0 Å². The van der Waals surface area contributed by atoms with Crippen molar-refractivity contribution in [3.05, 3.63) is 47.1 Å². The van der Waals surface area contributed by atoms with Crippen molar-refractivity contribution < 1.29 is 0 Å². The number of benzene rings is 1. The van der Waals surface area contributed by atoms with Crippen molar-refractivity contribution in [1.82, 2.24) is 4.57 Å². The zero-order valence-electron chi connectivity index (χ0n) is 9.12. The largest absolute Gasteiger partial charge is 0.345 e. The van der Waals surface area contributed by atoms with Gasteiger partial charge in [-0.1, -0.05) is 23.7 Å². The van der Waals surface area contributed by atoms with E-state index in [0.29, 0.717) is 0 Å². The van der Waals surface area contributed by atoms with E-state index < -0.39 is 0 Å². The highest BCUT2D eigenvalue weighted by Crippen LogP contribution is 2.28. The summed E-state index contributed by atoms with van der Waals surface area (Å²) in [5, 5.41) is 0.809. The molecule has 0 fully saturated rings. The summed E-state index contributed by atoms with van der Waals surface area (Å²) in [6, 6.07) is 12.6.